The Labute approximate surface area is 127 Å². The predicted octanol–water partition coefficient (Wildman–Crippen LogP) is 1.93. The maximum atomic E-state index is 14.0. The number of methoxy groups -OCH3 is 2. The highest BCUT2D eigenvalue weighted by Crippen LogP contribution is 2.25. The summed E-state index contributed by atoms with van der Waals surface area (Å²) in [6.07, 6.45) is 0. The molecule has 0 unspecified atom stereocenters. The van der Waals surface area contributed by atoms with Gasteiger partial charge in [-0.25, -0.2) is 17.6 Å². The van der Waals surface area contributed by atoms with Crippen LogP contribution in [0.25, 0.3) is 0 Å². The maximum Gasteiger partial charge on any atom is 0.208 e. The summed E-state index contributed by atoms with van der Waals surface area (Å²) in [6.45, 7) is 0. The third-order valence-corrected chi connectivity index (χ3v) is 3.24. The molecule has 0 heterocycles. The number of rotatable bonds is 4. The molecule has 2 aromatic carbocycles. The minimum atomic E-state index is -1.79. The van der Waals surface area contributed by atoms with Gasteiger partial charge in [0.1, 0.15) is 5.82 Å². The number of hydrogen-bond acceptors (Lipinski definition) is 2. The molecule has 2 rings (SSSR count). The number of halogens is 6. The van der Waals surface area contributed by atoms with Crippen molar-refractivity contribution in [2.24, 2.45) is 0 Å². The van der Waals surface area contributed by atoms with E-state index in [-0.39, 0.29) is 5.75 Å². The molecule has 0 saturated heterocycles. The van der Waals surface area contributed by atoms with Gasteiger partial charge in [0.2, 0.25) is 18.9 Å². The van der Waals surface area contributed by atoms with E-state index < -0.39 is 58.9 Å². The van der Waals surface area contributed by atoms with Crippen molar-refractivity contribution in [3.63, 3.8) is 0 Å². The Morgan fingerprint density at radius 2 is 1.26 bits per heavy atom. The van der Waals surface area contributed by atoms with Gasteiger partial charge in [0.25, 0.3) is 0 Å². The van der Waals surface area contributed by atoms with Crippen LogP contribution in [0, 0.1) is 34.9 Å². The highest BCUT2D eigenvalue weighted by atomic mass is 19.2. The van der Waals surface area contributed by atoms with Crippen LogP contribution in [0.1, 0.15) is 0 Å². The van der Waals surface area contributed by atoms with Crippen LogP contribution in [0.4, 0.5) is 26.3 Å². The molecule has 0 spiro atoms. The van der Waals surface area contributed by atoms with Gasteiger partial charge in [-0.1, -0.05) is 0 Å². The Morgan fingerprint density at radius 3 is 1.74 bits per heavy atom. The van der Waals surface area contributed by atoms with Crippen LogP contribution in [0.15, 0.2) is 12.1 Å². The molecule has 0 saturated carbocycles. The molecule has 0 atom stereocenters. The average Bonchev–Trinajstić information content (AvgIpc) is 2.53. The zero-order valence-corrected chi connectivity index (χ0v) is 11.9. The first-order valence-corrected chi connectivity index (χ1v) is 6.23. The van der Waals surface area contributed by atoms with Gasteiger partial charge in [-0.3, -0.25) is 0 Å². The van der Waals surface area contributed by atoms with Crippen molar-refractivity contribution in [1.29, 1.82) is 0 Å². The van der Waals surface area contributed by atoms with Gasteiger partial charge in [-0.15, -0.1) is 0 Å². The molecule has 0 bridgehead atoms. The zero-order valence-electron chi connectivity index (χ0n) is 11.9. The van der Waals surface area contributed by atoms with Crippen molar-refractivity contribution >= 4 is 18.2 Å². The van der Waals surface area contributed by atoms with E-state index in [1.54, 1.807) is 0 Å². The fraction of sp³-hybridized carbons (Fsp3) is 0.143. The SMILES string of the molecule is COc1ccc(F)c(Bc2c(F)c(F)c(OC)c(F)c2F)c1F. The topological polar surface area (TPSA) is 18.5 Å². The molecular formula is C14H9BF6O2. The van der Waals surface area contributed by atoms with E-state index in [1.807, 2.05) is 0 Å². The quantitative estimate of drug-likeness (QED) is 0.483. The molecule has 0 aliphatic rings. The maximum absolute atomic E-state index is 14.0. The number of ether oxygens (including phenoxy) is 2. The third kappa shape index (κ3) is 2.82. The van der Waals surface area contributed by atoms with E-state index in [4.69, 9.17) is 0 Å². The van der Waals surface area contributed by atoms with Crippen molar-refractivity contribution in [3.8, 4) is 11.5 Å². The van der Waals surface area contributed by atoms with Gasteiger partial charge < -0.3 is 9.47 Å². The predicted molar refractivity (Wildman–Crippen MR) is 72.2 cm³/mol. The molecule has 2 nitrogen and oxygen atoms in total. The van der Waals surface area contributed by atoms with Gasteiger partial charge in [-0.2, -0.15) is 8.78 Å². The summed E-state index contributed by atoms with van der Waals surface area (Å²) >= 11 is 0. The van der Waals surface area contributed by atoms with Crippen molar-refractivity contribution < 1.29 is 35.8 Å². The molecular weight excluding hydrogens is 325 g/mol. The second kappa shape index (κ2) is 6.43. The summed E-state index contributed by atoms with van der Waals surface area (Å²) < 4.78 is 91.6. The Balaban J connectivity index is 2.63. The lowest BCUT2D eigenvalue weighted by Gasteiger charge is -2.12. The van der Waals surface area contributed by atoms with Crippen molar-refractivity contribution in [3.05, 3.63) is 47.0 Å². The molecule has 9 heteroatoms. The van der Waals surface area contributed by atoms with E-state index in [1.165, 1.54) is 0 Å². The first kappa shape index (κ1) is 17.0. The van der Waals surface area contributed by atoms with Crippen molar-refractivity contribution in [2.45, 2.75) is 0 Å². The second-order valence-corrected chi connectivity index (χ2v) is 4.49. The molecule has 0 aliphatic heterocycles. The minimum absolute atomic E-state index is 0.378. The molecule has 23 heavy (non-hydrogen) atoms. The molecule has 0 N–H and O–H groups in total. The van der Waals surface area contributed by atoms with Crippen LogP contribution >= 0.6 is 0 Å². The minimum Gasteiger partial charge on any atom is -0.494 e. The summed E-state index contributed by atoms with van der Waals surface area (Å²) in [4.78, 5) is 0. The lowest BCUT2D eigenvalue weighted by molar-refractivity contribution is 0.335. The van der Waals surface area contributed by atoms with Crippen LogP contribution in [0.5, 0.6) is 11.5 Å². The smallest absolute Gasteiger partial charge is 0.208 e. The molecule has 0 aromatic heterocycles. The summed E-state index contributed by atoms with van der Waals surface area (Å²) in [5.74, 6) is -11.1. The fourth-order valence-corrected chi connectivity index (χ4v) is 2.06. The lowest BCUT2D eigenvalue weighted by Crippen LogP contribution is -2.38. The van der Waals surface area contributed by atoms with E-state index in [9.17, 15) is 26.3 Å². The molecule has 0 radical (unpaired) electrons. The standard InChI is InChI=1S/C14H9BF6O2/c1-22-6-4-3-5(16)7(9(6)17)15-8-10(18)12(20)14(23-2)13(21)11(8)19/h3-4,15H,1-2H3. The van der Waals surface area contributed by atoms with E-state index in [2.05, 4.69) is 9.47 Å². The summed E-state index contributed by atoms with van der Waals surface area (Å²) in [5.41, 5.74) is -1.95. The Morgan fingerprint density at radius 1 is 0.696 bits per heavy atom. The van der Waals surface area contributed by atoms with Crippen LogP contribution in [0.3, 0.4) is 0 Å². The van der Waals surface area contributed by atoms with Gasteiger partial charge in [-0.05, 0) is 23.1 Å². The van der Waals surface area contributed by atoms with Crippen molar-refractivity contribution in [2.75, 3.05) is 14.2 Å². The van der Waals surface area contributed by atoms with Gasteiger partial charge in [0, 0.05) is 0 Å². The molecule has 0 amide bonds. The first-order valence-electron chi connectivity index (χ1n) is 6.23. The van der Waals surface area contributed by atoms with Crippen LogP contribution in [-0.2, 0) is 0 Å². The number of benzene rings is 2. The van der Waals surface area contributed by atoms with E-state index >= 15 is 0 Å². The first-order chi connectivity index (χ1) is 10.8. The number of hydrogen-bond donors (Lipinski definition) is 0. The molecule has 2 aromatic rings. The Hall–Kier alpha value is -2.32. The van der Waals surface area contributed by atoms with Crippen molar-refractivity contribution in [1.82, 2.24) is 0 Å². The normalized spacial score (nSPS) is 10.6. The lowest BCUT2D eigenvalue weighted by atomic mass is 9.62. The molecule has 122 valence electrons. The monoisotopic (exact) mass is 334 g/mol. The summed E-state index contributed by atoms with van der Waals surface area (Å²) in [7, 11) is 0.875. The van der Waals surface area contributed by atoms with Crippen LogP contribution < -0.4 is 20.4 Å². The second-order valence-electron chi connectivity index (χ2n) is 4.49. The average molecular weight is 334 g/mol. The Bertz CT molecular complexity index is 737. The highest BCUT2D eigenvalue weighted by Gasteiger charge is 2.28. The fourth-order valence-electron chi connectivity index (χ4n) is 2.06. The van der Waals surface area contributed by atoms with E-state index in [0.29, 0.717) is 0 Å². The zero-order chi connectivity index (χ0) is 17.3. The molecule has 0 aliphatic carbocycles. The summed E-state index contributed by atoms with van der Waals surface area (Å²) in [5, 5.41) is 0. The third-order valence-electron chi connectivity index (χ3n) is 3.24. The Kier molecular flexibility index (Phi) is 4.77. The van der Waals surface area contributed by atoms with E-state index in [0.717, 1.165) is 26.4 Å². The highest BCUT2D eigenvalue weighted by molar-refractivity contribution is 6.67. The summed E-state index contributed by atoms with van der Waals surface area (Å²) in [6, 6.07) is 1.78. The van der Waals surface area contributed by atoms with Gasteiger partial charge in [0.15, 0.2) is 29.0 Å². The van der Waals surface area contributed by atoms with Crippen LogP contribution in [0.2, 0.25) is 0 Å². The molecule has 0 fully saturated rings. The van der Waals surface area contributed by atoms with Gasteiger partial charge >= 0.3 is 0 Å². The van der Waals surface area contributed by atoms with Gasteiger partial charge in [0.05, 0.1) is 14.2 Å². The van der Waals surface area contributed by atoms with Crippen LogP contribution in [-0.4, -0.2) is 21.5 Å². The largest absolute Gasteiger partial charge is 0.494 e.